The lowest BCUT2D eigenvalue weighted by Gasteiger charge is -2.13. The van der Waals surface area contributed by atoms with E-state index in [4.69, 9.17) is 39.5 Å². The third-order valence-corrected chi connectivity index (χ3v) is 3.94. The zero-order valence-electron chi connectivity index (χ0n) is 12.7. The van der Waals surface area contributed by atoms with Gasteiger partial charge >= 0.3 is 0 Å². The first-order valence-corrected chi connectivity index (χ1v) is 8.29. The van der Waals surface area contributed by atoms with Crippen molar-refractivity contribution in [2.24, 2.45) is 0 Å². The van der Waals surface area contributed by atoms with Crippen LogP contribution in [0.15, 0.2) is 36.4 Å². The third kappa shape index (κ3) is 6.40. The molecule has 23 heavy (non-hydrogen) atoms. The lowest BCUT2D eigenvalue weighted by atomic mass is 10.1. The molecule has 0 bridgehead atoms. The molecule has 1 N–H and O–H groups in total. The number of rotatable bonds is 7. The number of hydrogen-bond donors (Lipinski definition) is 1. The van der Waals surface area contributed by atoms with E-state index in [9.17, 15) is 0 Å². The monoisotopic (exact) mass is 393 g/mol. The Kier molecular flexibility index (Phi) is 9.11. The number of halogens is 4. The van der Waals surface area contributed by atoms with Gasteiger partial charge in [-0.25, -0.2) is 0 Å². The summed E-state index contributed by atoms with van der Waals surface area (Å²) in [6.07, 6.45) is 0.926. The molecule has 2 rings (SSSR count). The largest absolute Gasteiger partial charge is 0.492 e. The zero-order chi connectivity index (χ0) is 15.9. The summed E-state index contributed by atoms with van der Waals surface area (Å²) in [7, 11) is 0. The summed E-state index contributed by atoms with van der Waals surface area (Å²) in [5.41, 5.74) is 2.21. The molecular weight excluding hydrogens is 376 g/mol. The number of hydrogen-bond acceptors (Lipinski definition) is 2. The molecule has 0 saturated carbocycles. The summed E-state index contributed by atoms with van der Waals surface area (Å²) < 4.78 is 5.61. The predicted molar refractivity (Wildman–Crippen MR) is 102 cm³/mol. The standard InChI is InChI=1S/C17H18Cl3NO.ClH/c1-2-22-17-13(9-15(19)10-16(17)20)11-21-8-7-12-3-5-14(18)6-4-12;/h3-6,9-10,21H,2,7-8,11H2,1H3;1H. The van der Waals surface area contributed by atoms with Crippen LogP contribution >= 0.6 is 47.2 Å². The molecule has 0 atom stereocenters. The molecule has 0 fully saturated rings. The van der Waals surface area contributed by atoms with E-state index < -0.39 is 0 Å². The van der Waals surface area contributed by atoms with Crippen LogP contribution in [-0.2, 0) is 13.0 Å². The van der Waals surface area contributed by atoms with Crippen molar-refractivity contribution in [3.8, 4) is 5.75 Å². The van der Waals surface area contributed by atoms with Crippen molar-refractivity contribution in [2.75, 3.05) is 13.2 Å². The van der Waals surface area contributed by atoms with Crippen molar-refractivity contribution in [1.82, 2.24) is 5.32 Å². The molecular formula is C17H19Cl4NO. The Bertz CT molecular complexity index is 617. The second kappa shape index (κ2) is 10.3. The van der Waals surface area contributed by atoms with E-state index in [1.165, 1.54) is 5.56 Å². The summed E-state index contributed by atoms with van der Waals surface area (Å²) in [6.45, 7) is 4.00. The van der Waals surface area contributed by atoms with Gasteiger partial charge in [0.2, 0.25) is 0 Å². The summed E-state index contributed by atoms with van der Waals surface area (Å²) in [4.78, 5) is 0. The molecule has 0 aliphatic carbocycles. The second-order valence-corrected chi connectivity index (χ2v) is 6.14. The van der Waals surface area contributed by atoms with Crippen LogP contribution in [0.25, 0.3) is 0 Å². The first-order chi connectivity index (χ1) is 10.6. The third-order valence-electron chi connectivity index (χ3n) is 3.19. The molecule has 0 spiro atoms. The van der Waals surface area contributed by atoms with Crippen molar-refractivity contribution in [1.29, 1.82) is 0 Å². The topological polar surface area (TPSA) is 21.3 Å². The Morgan fingerprint density at radius 1 is 1.00 bits per heavy atom. The van der Waals surface area contributed by atoms with E-state index in [0.717, 1.165) is 23.6 Å². The Hall–Kier alpha value is -0.640. The van der Waals surface area contributed by atoms with Gasteiger partial charge in [0.25, 0.3) is 0 Å². The molecule has 2 aromatic carbocycles. The fraction of sp³-hybridized carbons (Fsp3) is 0.294. The van der Waals surface area contributed by atoms with Crippen molar-refractivity contribution in [3.05, 3.63) is 62.6 Å². The molecule has 0 amide bonds. The van der Waals surface area contributed by atoms with Crippen LogP contribution in [0.3, 0.4) is 0 Å². The van der Waals surface area contributed by atoms with Crippen LogP contribution in [0, 0.1) is 0 Å². The minimum Gasteiger partial charge on any atom is -0.492 e. The number of nitrogens with one attached hydrogen (secondary N) is 1. The van der Waals surface area contributed by atoms with Crippen molar-refractivity contribution in [2.45, 2.75) is 19.9 Å². The highest BCUT2D eigenvalue weighted by Gasteiger charge is 2.10. The molecule has 126 valence electrons. The van der Waals surface area contributed by atoms with Crippen LogP contribution in [0.1, 0.15) is 18.1 Å². The van der Waals surface area contributed by atoms with Crippen LogP contribution in [0.4, 0.5) is 0 Å². The van der Waals surface area contributed by atoms with Gasteiger partial charge in [0, 0.05) is 22.2 Å². The quantitative estimate of drug-likeness (QED) is 0.599. The molecule has 6 heteroatoms. The van der Waals surface area contributed by atoms with Gasteiger partial charge in [0.15, 0.2) is 0 Å². The maximum Gasteiger partial charge on any atom is 0.142 e. The summed E-state index contributed by atoms with van der Waals surface area (Å²) >= 11 is 18.1. The molecule has 0 saturated heterocycles. The van der Waals surface area contributed by atoms with Gasteiger partial charge in [-0.2, -0.15) is 0 Å². The minimum absolute atomic E-state index is 0. The maximum atomic E-state index is 6.19. The van der Waals surface area contributed by atoms with Gasteiger partial charge in [0.05, 0.1) is 11.6 Å². The number of ether oxygens (including phenoxy) is 1. The van der Waals surface area contributed by atoms with Gasteiger partial charge in [-0.15, -0.1) is 12.4 Å². The van der Waals surface area contributed by atoms with E-state index in [1.807, 2.05) is 37.3 Å². The van der Waals surface area contributed by atoms with Gasteiger partial charge in [0.1, 0.15) is 5.75 Å². The van der Waals surface area contributed by atoms with Crippen LogP contribution < -0.4 is 10.1 Å². The molecule has 0 aliphatic rings. The smallest absolute Gasteiger partial charge is 0.142 e. The SMILES string of the molecule is CCOc1c(Cl)cc(Cl)cc1CNCCc1ccc(Cl)cc1.Cl. The number of benzene rings is 2. The second-order valence-electron chi connectivity index (χ2n) is 4.86. The van der Waals surface area contributed by atoms with E-state index in [2.05, 4.69) is 5.32 Å². The highest BCUT2D eigenvalue weighted by Crippen LogP contribution is 2.32. The predicted octanol–water partition coefficient (Wildman–Crippen LogP) is 5.80. The van der Waals surface area contributed by atoms with E-state index in [-0.39, 0.29) is 12.4 Å². The Balaban J connectivity index is 0.00000264. The molecule has 0 aromatic heterocycles. The normalized spacial score (nSPS) is 10.3. The summed E-state index contributed by atoms with van der Waals surface area (Å²) in [5.74, 6) is 0.701. The Morgan fingerprint density at radius 3 is 2.35 bits per heavy atom. The fourth-order valence-corrected chi connectivity index (χ4v) is 2.87. The van der Waals surface area contributed by atoms with Crippen LogP contribution in [0.2, 0.25) is 15.1 Å². The van der Waals surface area contributed by atoms with Gasteiger partial charge in [-0.3, -0.25) is 0 Å². The average molecular weight is 395 g/mol. The molecule has 2 aromatic rings. The van der Waals surface area contributed by atoms with Gasteiger partial charge in [-0.1, -0.05) is 46.9 Å². The van der Waals surface area contributed by atoms with Crippen molar-refractivity contribution < 1.29 is 4.74 Å². The minimum atomic E-state index is 0. The molecule has 0 heterocycles. The van der Waals surface area contributed by atoms with Crippen molar-refractivity contribution >= 4 is 47.2 Å². The van der Waals surface area contributed by atoms with E-state index in [0.29, 0.717) is 28.9 Å². The maximum absolute atomic E-state index is 6.19. The highest BCUT2D eigenvalue weighted by molar-refractivity contribution is 6.35. The first-order valence-electron chi connectivity index (χ1n) is 7.16. The fourth-order valence-electron chi connectivity index (χ4n) is 2.16. The summed E-state index contributed by atoms with van der Waals surface area (Å²) in [5, 5.41) is 5.30. The lowest BCUT2D eigenvalue weighted by Crippen LogP contribution is -2.17. The Morgan fingerprint density at radius 2 is 1.70 bits per heavy atom. The molecule has 0 unspecified atom stereocenters. The van der Waals surface area contributed by atoms with Gasteiger partial charge < -0.3 is 10.1 Å². The lowest BCUT2D eigenvalue weighted by molar-refractivity contribution is 0.336. The highest BCUT2D eigenvalue weighted by atomic mass is 35.5. The Labute approximate surface area is 158 Å². The van der Waals surface area contributed by atoms with Gasteiger partial charge in [-0.05, 0) is 49.7 Å². The molecule has 2 nitrogen and oxygen atoms in total. The molecule has 0 aliphatic heterocycles. The average Bonchev–Trinajstić information content (AvgIpc) is 2.48. The van der Waals surface area contributed by atoms with Crippen LogP contribution in [-0.4, -0.2) is 13.2 Å². The zero-order valence-corrected chi connectivity index (χ0v) is 15.8. The van der Waals surface area contributed by atoms with Crippen LogP contribution in [0.5, 0.6) is 5.75 Å². The summed E-state index contributed by atoms with van der Waals surface area (Å²) in [6, 6.07) is 11.5. The van der Waals surface area contributed by atoms with E-state index in [1.54, 1.807) is 6.07 Å². The van der Waals surface area contributed by atoms with E-state index >= 15 is 0 Å². The van der Waals surface area contributed by atoms with Crippen molar-refractivity contribution in [3.63, 3.8) is 0 Å². The first kappa shape index (κ1) is 20.4. The molecule has 0 radical (unpaired) electrons.